The molecule has 1 nitrogen and oxygen atoms in total. The van der Waals surface area contributed by atoms with Crippen molar-refractivity contribution in [3.8, 4) is 0 Å². The van der Waals surface area contributed by atoms with Crippen molar-refractivity contribution >= 4 is 15.9 Å². The zero-order valence-electron chi connectivity index (χ0n) is 11.8. The predicted octanol–water partition coefficient (Wildman–Crippen LogP) is 5.18. The van der Waals surface area contributed by atoms with Crippen molar-refractivity contribution in [2.24, 2.45) is 0 Å². The third-order valence-corrected chi connectivity index (χ3v) is 4.45. The highest BCUT2D eigenvalue weighted by atomic mass is 79.9. The van der Waals surface area contributed by atoms with Crippen molar-refractivity contribution in [1.29, 1.82) is 0 Å². The lowest BCUT2D eigenvalue weighted by molar-refractivity contribution is 0.574. The van der Waals surface area contributed by atoms with E-state index in [1.807, 2.05) is 0 Å². The van der Waals surface area contributed by atoms with E-state index in [1.54, 1.807) is 0 Å². The van der Waals surface area contributed by atoms with Crippen LogP contribution in [0, 0.1) is 0 Å². The fraction of sp³-hybridized carbons (Fsp3) is 0.333. The summed E-state index contributed by atoms with van der Waals surface area (Å²) in [6.07, 6.45) is 2.73. The summed E-state index contributed by atoms with van der Waals surface area (Å²) in [5, 5.41) is 3.61. The SMILES string of the molecule is C[C@H](NCc1cccc(C2CC2)c1)c1cccc(Br)c1. The van der Waals surface area contributed by atoms with E-state index < -0.39 is 0 Å². The topological polar surface area (TPSA) is 12.0 Å². The van der Waals surface area contributed by atoms with Crippen molar-refractivity contribution in [2.75, 3.05) is 0 Å². The van der Waals surface area contributed by atoms with Crippen LogP contribution in [-0.2, 0) is 6.54 Å². The van der Waals surface area contributed by atoms with Crippen LogP contribution < -0.4 is 5.32 Å². The molecular weight excluding hydrogens is 310 g/mol. The Hall–Kier alpha value is -1.12. The average Bonchev–Trinajstić information content (AvgIpc) is 3.30. The maximum absolute atomic E-state index is 3.61. The number of nitrogens with one attached hydrogen (secondary N) is 1. The van der Waals surface area contributed by atoms with E-state index in [0.717, 1.165) is 16.9 Å². The lowest BCUT2D eigenvalue weighted by atomic mass is 10.1. The van der Waals surface area contributed by atoms with E-state index in [4.69, 9.17) is 0 Å². The van der Waals surface area contributed by atoms with Gasteiger partial charge in [-0.05, 0) is 54.5 Å². The number of hydrogen-bond acceptors (Lipinski definition) is 1. The van der Waals surface area contributed by atoms with Crippen molar-refractivity contribution in [3.05, 3.63) is 69.7 Å². The number of hydrogen-bond donors (Lipinski definition) is 1. The highest BCUT2D eigenvalue weighted by molar-refractivity contribution is 9.10. The Labute approximate surface area is 129 Å². The van der Waals surface area contributed by atoms with Gasteiger partial charge in [-0.15, -0.1) is 0 Å². The van der Waals surface area contributed by atoms with Gasteiger partial charge in [0.1, 0.15) is 0 Å². The molecule has 1 atom stereocenters. The van der Waals surface area contributed by atoms with Crippen LogP contribution in [0.4, 0.5) is 0 Å². The van der Waals surface area contributed by atoms with Crippen LogP contribution in [0.1, 0.15) is 48.4 Å². The predicted molar refractivity (Wildman–Crippen MR) is 87.8 cm³/mol. The summed E-state index contributed by atoms with van der Waals surface area (Å²) in [6.45, 7) is 3.14. The van der Waals surface area contributed by atoms with Gasteiger partial charge in [0.15, 0.2) is 0 Å². The summed E-state index contributed by atoms with van der Waals surface area (Å²) in [5.41, 5.74) is 4.22. The first-order valence-electron chi connectivity index (χ1n) is 7.30. The Balaban J connectivity index is 1.62. The number of halogens is 1. The third-order valence-electron chi connectivity index (χ3n) is 3.96. The molecule has 20 heavy (non-hydrogen) atoms. The highest BCUT2D eigenvalue weighted by Gasteiger charge is 2.23. The van der Waals surface area contributed by atoms with Crippen molar-refractivity contribution in [1.82, 2.24) is 5.32 Å². The fourth-order valence-electron chi connectivity index (χ4n) is 2.54. The molecule has 0 bridgehead atoms. The van der Waals surface area contributed by atoms with Crippen LogP contribution in [0.25, 0.3) is 0 Å². The van der Waals surface area contributed by atoms with E-state index in [2.05, 4.69) is 76.7 Å². The molecule has 0 aliphatic heterocycles. The van der Waals surface area contributed by atoms with Gasteiger partial charge < -0.3 is 5.32 Å². The van der Waals surface area contributed by atoms with Gasteiger partial charge in [-0.2, -0.15) is 0 Å². The lowest BCUT2D eigenvalue weighted by Crippen LogP contribution is -2.18. The normalized spacial score (nSPS) is 16.1. The Morgan fingerprint density at radius 2 is 1.95 bits per heavy atom. The van der Waals surface area contributed by atoms with Crippen molar-refractivity contribution < 1.29 is 0 Å². The number of benzene rings is 2. The summed E-state index contributed by atoms with van der Waals surface area (Å²) in [7, 11) is 0. The van der Waals surface area contributed by atoms with Gasteiger partial charge >= 0.3 is 0 Å². The number of rotatable bonds is 5. The lowest BCUT2D eigenvalue weighted by Gasteiger charge is -2.15. The largest absolute Gasteiger partial charge is 0.306 e. The average molecular weight is 330 g/mol. The van der Waals surface area contributed by atoms with Crippen LogP contribution in [0.15, 0.2) is 53.0 Å². The highest BCUT2D eigenvalue weighted by Crippen LogP contribution is 2.40. The van der Waals surface area contributed by atoms with Crippen LogP contribution in [-0.4, -0.2) is 0 Å². The van der Waals surface area contributed by atoms with Gasteiger partial charge in [0.25, 0.3) is 0 Å². The molecule has 0 unspecified atom stereocenters. The summed E-state index contributed by atoms with van der Waals surface area (Å²) >= 11 is 3.53. The molecule has 1 aliphatic carbocycles. The maximum Gasteiger partial charge on any atom is 0.0295 e. The minimum Gasteiger partial charge on any atom is -0.306 e. The van der Waals surface area contributed by atoms with Crippen LogP contribution in [0.5, 0.6) is 0 Å². The van der Waals surface area contributed by atoms with E-state index in [1.165, 1.54) is 29.5 Å². The minimum atomic E-state index is 0.358. The van der Waals surface area contributed by atoms with Crippen LogP contribution in [0.2, 0.25) is 0 Å². The molecule has 0 heterocycles. The second-order valence-corrected chi connectivity index (χ2v) is 6.59. The second-order valence-electron chi connectivity index (χ2n) is 5.68. The first-order chi connectivity index (χ1) is 9.72. The molecule has 1 fully saturated rings. The molecule has 0 aromatic heterocycles. The van der Waals surface area contributed by atoms with Gasteiger partial charge in [0.05, 0.1) is 0 Å². The zero-order valence-corrected chi connectivity index (χ0v) is 13.4. The molecule has 2 aromatic carbocycles. The molecule has 1 saturated carbocycles. The Kier molecular flexibility index (Phi) is 4.23. The van der Waals surface area contributed by atoms with E-state index in [0.29, 0.717) is 6.04 Å². The van der Waals surface area contributed by atoms with E-state index in [-0.39, 0.29) is 0 Å². The first-order valence-corrected chi connectivity index (χ1v) is 8.09. The monoisotopic (exact) mass is 329 g/mol. The molecule has 0 spiro atoms. The quantitative estimate of drug-likeness (QED) is 0.797. The Bertz CT molecular complexity index is 589. The van der Waals surface area contributed by atoms with Crippen molar-refractivity contribution in [3.63, 3.8) is 0 Å². The molecule has 0 radical (unpaired) electrons. The molecule has 2 aromatic rings. The van der Waals surface area contributed by atoms with E-state index >= 15 is 0 Å². The minimum absolute atomic E-state index is 0.358. The Morgan fingerprint density at radius 3 is 2.70 bits per heavy atom. The first kappa shape index (κ1) is 13.8. The van der Waals surface area contributed by atoms with Crippen molar-refractivity contribution in [2.45, 2.75) is 38.3 Å². The Morgan fingerprint density at radius 1 is 1.15 bits per heavy atom. The maximum atomic E-state index is 3.61. The molecule has 0 saturated heterocycles. The summed E-state index contributed by atoms with van der Waals surface area (Å²) in [6, 6.07) is 17.9. The zero-order chi connectivity index (χ0) is 13.9. The molecule has 2 heteroatoms. The molecule has 3 rings (SSSR count). The fourth-order valence-corrected chi connectivity index (χ4v) is 2.96. The van der Waals surface area contributed by atoms with E-state index in [9.17, 15) is 0 Å². The van der Waals surface area contributed by atoms with Gasteiger partial charge in [-0.3, -0.25) is 0 Å². The third kappa shape index (κ3) is 3.50. The van der Waals surface area contributed by atoms with Gasteiger partial charge in [-0.25, -0.2) is 0 Å². The van der Waals surface area contributed by atoms with Gasteiger partial charge in [-0.1, -0.05) is 52.3 Å². The summed E-state index contributed by atoms with van der Waals surface area (Å²) in [4.78, 5) is 0. The van der Waals surface area contributed by atoms with Crippen LogP contribution in [0.3, 0.4) is 0 Å². The summed E-state index contributed by atoms with van der Waals surface area (Å²) in [5.74, 6) is 0.831. The summed E-state index contributed by atoms with van der Waals surface area (Å²) < 4.78 is 1.14. The van der Waals surface area contributed by atoms with Gasteiger partial charge in [0, 0.05) is 17.1 Å². The molecule has 104 valence electrons. The van der Waals surface area contributed by atoms with Crippen LogP contribution >= 0.6 is 15.9 Å². The molecule has 1 N–H and O–H groups in total. The second kappa shape index (κ2) is 6.11. The molecule has 1 aliphatic rings. The molecule has 0 amide bonds. The smallest absolute Gasteiger partial charge is 0.0295 e. The molecular formula is C18H20BrN. The standard InChI is InChI=1S/C18H20BrN/c1-13(16-5-3-7-18(19)11-16)20-12-14-4-2-6-17(10-14)15-8-9-15/h2-7,10-11,13,15,20H,8-9,12H2,1H3/t13-/m0/s1. The van der Waals surface area contributed by atoms with Gasteiger partial charge in [0.2, 0.25) is 0 Å².